The van der Waals surface area contributed by atoms with Crippen LogP contribution >= 0.6 is 0 Å². The fraction of sp³-hybridized carbons (Fsp3) is 0.167. The largest absolute Gasteiger partial charge is 1.00 e. The van der Waals surface area contributed by atoms with Gasteiger partial charge in [-0.3, -0.25) is 4.21 Å². The number of rotatable bonds is 1. The number of hydrogen-bond donors (Lipinski definition) is 0. The Kier molecular flexibility index (Phi) is 4.62. The molecule has 0 N–H and O–H groups in total. The molecule has 5 heteroatoms. The van der Waals surface area contributed by atoms with E-state index in [0.29, 0.717) is 0 Å². The summed E-state index contributed by atoms with van der Waals surface area (Å²) in [5.74, 6) is 0. The zero-order valence-corrected chi connectivity index (χ0v) is 7.22. The first-order chi connectivity index (χ1) is 4.70. The molecule has 1 unspecified atom stereocenters. The average molecular weight is 163 g/mol. The van der Waals surface area contributed by atoms with Crippen LogP contribution in [-0.2, 0) is 11.1 Å². The van der Waals surface area contributed by atoms with Gasteiger partial charge in [0.25, 0.3) is 0 Å². The minimum Gasteiger partial charge on any atom is -0.767 e. The van der Waals surface area contributed by atoms with E-state index in [1.165, 1.54) is 12.3 Å². The minimum atomic E-state index is -2.20. The Bertz CT molecular complexity index is 267. The quantitative estimate of drug-likeness (QED) is 0.343. The molecule has 0 aliphatic rings. The number of aryl methyl sites for hydroxylation is 1. The first-order valence-corrected chi connectivity index (χ1v) is 3.79. The molecule has 0 aromatic carbocycles. The monoisotopic (exact) mass is 163 g/mol. The molecule has 0 amide bonds. The number of hydrogen-bond acceptors (Lipinski definition) is 3. The zero-order valence-electron chi connectivity index (χ0n) is 6.40. The molecule has 0 aliphatic heterocycles. The molecule has 0 spiro atoms. The fourth-order valence-corrected chi connectivity index (χ4v) is 1.03. The molecular formula is C6H6LiNO2S. The van der Waals surface area contributed by atoms with Crippen molar-refractivity contribution in [2.24, 2.45) is 0 Å². The van der Waals surface area contributed by atoms with Crippen LogP contribution < -0.4 is 18.9 Å². The van der Waals surface area contributed by atoms with Gasteiger partial charge < -0.3 is 4.55 Å². The van der Waals surface area contributed by atoms with Crippen LogP contribution in [0.2, 0.25) is 0 Å². The molecule has 11 heavy (non-hydrogen) atoms. The average Bonchev–Trinajstić information content (AvgIpc) is 1.88. The van der Waals surface area contributed by atoms with Crippen molar-refractivity contribution in [2.75, 3.05) is 0 Å². The van der Waals surface area contributed by atoms with Crippen LogP contribution in [0.4, 0.5) is 0 Å². The van der Waals surface area contributed by atoms with Crippen LogP contribution in [0, 0.1) is 6.92 Å². The molecule has 0 radical (unpaired) electrons. The molecule has 0 saturated carbocycles. The number of aromatic nitrogens is 1. The van der Waals surface area contributed by atoms with Crippen LogP contribution in [0.5, 0.6) is 0 Å². The van der Waals surface area contributed by atoms with Crippen LogP contribution in [0.3, 0.4) is 0 Å². The summed E-state index contributed by atoms with van der Waals surface area (Å²) in [6.45, 7) is 1.82. The second kappa shape index (κ2) is 4.68. The van der Waals surface area contributed by atoms with Gasteiger partial charge in [0.05, 0.1) is 0 Å². The number of pyridine rings is 1. The van der Waals surface area contributed by atoms with E-state index in [1.807, 2.05) is 6.92 Å². The summed E-state index contributed by atoms with van der Waals surface area (Å²) in [5, 5.41) is 0.0972. The molecule has 0 saturated heterocycles. The molecule has 1 rings (SSSR count). The fourth-order valence-electron chi connectivity index (χ4n) is 0.600. The Morgan fingerprint density at radius 3 is 2.64 bits per heavy atom. The smallest absolute Gasteiger partial charge is 0.767 e. The van der Waals surface area contributed by atoms with Crippen molar-refractivity contribution in [3.8, 4) is 0 Å². The van der Waals surface area contributed by atoms with Gasteiger partial charge in [0.15, 0.2) is 0 Å². The summed E-state index contributed by atoms with van der Waals surface area (Å²) in [6, 6.07) is 3.26. The maximum absolute atomic E-state index is 10.3. The topological polar surface area (TPSA) is 53.0 Å². The molecular weight excluding hydrogens is 157 g/mol. The molecule has 0 fully saturated rings. The van der Waals surface area contributed by atoms with E-state index in [4.69, 9.17) is 0 Å². The minimum absolute atomic E-state index is 0. The predicted octanol–water partition coefficient (Wildman–Crippen LogP) is -2.37. The van der Waals surface area contributed by atoms with E-state index in [2.05, 4.69) is 4.98 Å². The molecule has 3 nitrogen and oxygen atoms in total. The molecule has 1 aromatic heterocycles. The molecule has 54 valence electrons. The predicted molar refractivity (Wildman–Crippen MR) is 36.2 cm³/mol. The van der Waals surface area contributed by atoms with E-state index in [-0.39, 0.29) is 23.9 Å². The van der Waals surface area contributed by atoms with Crippen molar-refractivity contribution < 1.29 is 27.6 Å². The Balaban J connectivity index is 0.000001000. The SMILES string of the molecule is Cc1ccnc(S(=O)[O-])c1.[Li+]. The van der Waals surface area contributed by atoms with Crippen molar-refractivity contribution >= 4 is 11.1 Å². The number of nitrogens with zero attached hydrogens (tertiary/aromatic N) is 1. The second-order valence-corrected chi connectivity index (χ2v) is 2.79. The van der Waals surface area contributed by atoms with Gasteiger partial charge in [-0.15, -0.1) is 0 Å². The Hall–Kier alpha value is -0.143. The van der Waals surface area contributed by atoms with Gasteiger partial charge in [-0.05, 0) is 35.7 Å². The Morgan fingerprint density at radius 1 is 1.64 bits per heavy atom. The third-order valence-electron chi connectivity index (χ3n) is 1.06. The van der Waals surface area contributed by atoms with Gasteiger partial charge in [-0.1, -0.05) is 0 Å². The molecule has 1 heterocycles. The maximum atomic E-state index is 10.3. The van der Waals surface area contributed by atoms with Crippen LogP contribution in [0.15, 0.2) is 23.4 Å². The summed E-state index contributed by atoms with van der Waals surface area (Å²) >= 11 is -2.20. The summed E-state index contributed by atoms with van der Waals surface area (Å²) in [7, 11) is 0. The van der Waals surface area contributed by atoms with E-state index >= 15 is 0 Å². The van der Waals surface area contributed by atoms with E-state index in [1.54, 1.807) is 6.07 Å². The van der Waals surface area contributed by atoms with E-state index < -0.39 is 11.1 Å². The summed E-state index contributed by atoms with van der Waals surface area (Å²) < 4.78 is 20.6. The summed E-state index contributed by atoms with van der Waals surface area (Å²) in [5.41, 5.74) is 0.897. The van der Waals surface area contributed by atoms with Crippen LogP contribution in [0.1, 0.15) is 5.56 Å². The van der Waals surface area contributed by atoms with E-state index in [9.17, 15) is 8.76 Å². The van der Waals surface area contributed by atoms with Crippen molar-refractivity contribution in [2.45, 2.75) is 11.9 Å². The van der Waals surface area contributed by atoms with Gasteiger partial charge >= 0.3 is 18.9 Å². The maximum Gasteiger partial charge on any atom is 1.00 e. The molecule has 0 aliphatic carbocycles. The van der Waals surface area contributed by atoms with Gasteiger partial charge in [-0.2, -0.15) is 0 Å². The summed E-state index contributed by atoms with van der Waals surface area (Å²) in [4.78, 5) is 3.63. The van der Waals surface area contributed by atoms with Crippen molar-refractivity contribution in [1.29, 1.82) is 0 Å². The molecule has 0 bridgehead atoms. The van der Waals surface area contributed by atoms with E-state index in [0.717, 1.165) is 5.56 Å². The Morgan fingerprint density at radius 2 is 2.27 bits per heavy atom. The van der Waals surface area contributed by atoms with Crippen LogP contribution in [-0.4, -0.2) is 13.7 Å². The van der Waals surface area contributed by atoms with Crippen molar-refractivity contribution in [3.63, 3.8) is 0 Å². The van der Waals surface area contributed by atoms with Gasteiger partial charge in [0, 0.05) is 6.20 Å². The zero-order chi connectivity index (χ0) is 7.56. The van der Waals surface area contributed by atoms with Crippen molar-refractivity contribution in [1.82, 2.24) is 4.98 Å². The third kappa shape index (κ3) is 3.17. The Labute approximate surface area is 79.7 Å². The first kappa shape index (κ1) is 10.9. The second-order valence-electron chi connectivity index (χ2n) is 1.91. The standard InChI is InChI=1S/C6H7NO2S.Li/c1-5-2-3-7-6(4-5)10(8)9;/h2-4H,1H3,(H,8,9);/q;+1/p-1. The van der Waals surface area contributed by atoms with Gasteiger partial charge in [0.2, 0.25) is 0 Å². The summed E-state index contributed by atoms with van der Waals surface area (Å²) in [6.07, 6.45) is 1.47. The normalized spacial score (nSPS) is 11.8. The first-order valence-electron chi connectivity index (χ1n) is 2.72. The van der Waals surface area contributed by atoms with Crippen LogP contribution in [0.25, 0.3) is 0 Å². The third-order valence-corrected chi connectivity index (χ3v) is 1.63. The van der Waals surface area contributed by atoms with Gasteiger partial charge in [0.1, 0.15) is 5.03 Å². The van der Waals surface area contributed by atoms with Crippen molar-refractivity contribution in [3.05, 3.63) is 23.9 Å². The molecule has 1 aromatic rings. The molecule has 1 atom stereocenters. The van der Waals surface area contributed by atoms with Gasteiger partial charge in [-0.25, -0.2) is 4.98 Å².